The summed E-state index contributed by atoms with van der Waals surface area (Å²) in [6.07, 6.45) is 0. The minimum absolute atomic E-state index is 0.0340. The van der Waals surface area contributed by atoms with E-state index in [4.69, 9.17) is 0 Å². The van der Waals surface area contributed by atoms with E-state index in [9.17, 15) is 27.7 Å². The van der Waals surface area contributed by atoms with Gasteiger partial charge in [0, 0.05) is 49.1 Å². The Kier molecular flexibility index (Phi) is 7.07. The highest BCUT2D eigenvalue weighted by atomic mass is 32.2. The summed E-state index contributed by atoms with van der Waals surface area (Å²) >= 11 is 0. The number of anilines is 1. The largest absolute Gasteiger partial charge is 0.368 e. The van der Waals surface area contributed by atoms with Crippen molar-refractivity contribution in [3.05, 3.63) is 98.8 Å². The van der Waals surface area contributed by atoms with E-state index in [0.717, 1.165) is 35.0 Å². The van der Waals surface area contributed by atoms with E-state index < -0.39 is 42.8 Å². The molecule has 3 aromatic carbocycles. The summed E-state index contributed by atoms with van der Waals surface area (Å²) in [6.45, 7) is 6.12. The van der Waals surface area contributed by atoms with Crippen LogP contribution in [0.3, 0.4) is 0 Å². The second-order valence-electron chi connectivity index (χ2n) is 8.86. The lowest BCUT2D eigenvalue weighted by Gasteiger charge is -2.37. The van der Waals surface area contributed by atoms with Crippen molar-refractivity contribution in [1.29, 1.82) is 0 Å². The number of carbonyl (C=O) groups excluding carboxylic acids is 1. The molecular formula is C26H26FN3O5S. The third kappa shape index (κ3) is 5.23. The Hall–Kier alpha value is -3.79. The number of nitrogens with zero attached hydrogens (tertiary/aromatic N) is 3. The van der Waals surface area contributed by atoms with Crippen LogP contribution in [0.4, 0.5) is 15.8 Å². The van der Waals surface area contributed by atoms with Crippen LogP contribution in [-0.2, 0) is 15.6 Å². The normalized spacial score (nSPS) is 14.1. The van der Waals surface area contributed by atoms with Crippen molar-refractivity contribution in [2.45, 2.75) is 24.5 Å². The molecule has 1 aliphatic heterocycles. The lowest BCUT2D eigenvalue weighted by Crippen LogP contribution is -2.49. The van der Waals surface area contributed by atoms with Crippen LogP contribution in [-0.4, -0.2) is 50.3 Å². The summed E-state index contributed by atoms with van der Waals surface area (Å²) in [7, 11) is -4.24. The number of sulfone groups is 1. The van der Waals surface area contributed by atoms with Gasteiger partial charge >= 0.3 is 0 Å². The molecule has 0 saturated carbocycles. The molecule has 8 nitrogen and oxygen atoms in total. The average Bonchev–Trinajstić information content (AvgIpc) is 2.86. The number of nitro groups is 1. The van der Waals surface area contributed by atoms with Gasteiger partial charge in [-0.2, -0.15) is 0 Å². The number of piperazine rings is 1. The molecule has 0 aromatic heterocycles. The summed E-state index contributed by atoms with van der Waals surface area (Å²) in [5.74, 6) is -1.85. The average molecular weight is 512 g/mol. The minimum atomic E-state index is -4.24. The van der Waals surface area contributed by atoms with Crippen LogP contribution >= 0.6 is 0 Å². The quantitative estimate of drug-likeness (QED) is 0.362. The van der Waals surface area contributed by atoms with Crippen molar-refractivity contribution >= 4 is 27.1 Å². The lowest BCUT2D eigenvalue weighted by atomic mass is 10.1. The van der Waals surface area contributed by atoms with Crippen LogP contribution in [0.25, 0.3) is 0 Å². The van der Waals surface area contributed by atoms with E-state index in [2.05, 4.69) is 17.0 Å². The molecule has 188 valence electrons. The number of halogens is 1. The van der Waals surface area contributed by atoms with Crippen molar-refractivity contribution in [3.63, 3.8) is 0 Å². The van der Waals surface area contributed by atoms with Gasteiger partial charge in [0.2, 0.25) is 0 Å². The number of carbonyl (C=O) groups is 1. The van der Waals surface area contributed by atoms with E-state index in [0.29, 0.717) is 26.2 Å². The molecule has 36 heavy (non-hydrogen) atoms. The third-order valence-corrected chi connectivity index (χ3v) is 8.02. The lowest BCUT2D eigenvalue weighted by molar-refractivity contribution is -0.387. The number of hydrogen-bond donors (Lipinski definition) is 0. The van der Waals surface area contributed by atoms with Crippen LogP contribution in [0, 0.1) is 29.8 Å². The smallest absolute Gasteiger partial charge is 0.288 e. The van der Waals surface area contributed by atoms with Crippen LogP contribution in [0.2, 0.25) is 0 Å². The van der Waals surface area contributed by atoms with Gasteiger partial charge in [0.05, 0.1) is 10.7 Å². The number of rotatable bonds is 6. The standard InChI is InChI=1S/C26H26FN3O5S/c1-18-7-8-19(2)23(15-18)28-11-13-29(14-12-28)26(31)20-9-10-25(24(16-20)30(32)33)36(34,35)17-21-5-3-4-6-22(21)27/h3-10,15-16H,11-14,17H2,1-2H3. The third-order valence-electron chi connectivity index (χ3n) is 6.31. The Bertz CT molecular complexity index is 1430. The second-order valence-corrected chi connectivity index (χ2v) is 10.8. The predicted octanol–water partition coefficient (Wildman–Crippen LogP) is 4.29. The molecule has 1 aliphatic rings. The van der Waals surface area contributed by atoms with Gasteiger partial charge in [-0.15, -0.1) is 0 Å². The summed E-state index contributed by atoms with van der Waals surface area (Å²) in [5.41, 5.74) is 2.64. The fourth-order valence-corrected chi connectivity index (χ4v) is 5.87. The highest BCUT2D eigenvalue weighted by Gasteiger charge is 2.30. The maximum absolute atomic E-state index is 14.0. The van der Waals surface area contributed by atoms with Crippen molar-refractivity contribution in [3.8, 4) is 0 Å². The van der Waals surface area contributed by atoms with Gasteiger partial charge in [0.25, 0.3) is 11.6 Å². The van der Waals surface area contributed by atoms with Crippen molar-refractivity contribution in [2.24, 2.45) is 0 Å². The summed E-state index contributed by atoms with van der Waals surface area (Å²) < 4.78 is 39.8. The summed E-state index contributed by atoms with van der Waals surface area (Å²) in [5, 5.41) is 11.7. The number of nitro benzene ring substituents is 1. The van der Waals surface area contributed by atoms with Crippen molar-refractivity contribution < 1.29 is 22.5 Å². The van der Waals surface area contributed by atoms with Crippen molar-refractivity contribution in [1.82, 2.24) is 4.90 Å². The zero-order valence-electron chi connectivity index (χ0n) is 20.0. The maximum Gasteiger partial charge on any atom is 0.288 e. The molecule has 0 N–H and O–H groups in total. The first-order chi connectivity index (χ1) is 17.1. The zero-order valence-corrected chi connectivity index (χ0v) is 20.8. The highest BCUT2D eigenvalue weighted by Crippen LogP contribution is 2.29. The van der Waals surface area contributed by atoms with Gasteiger partial charge in [-0.25, -0.2) is 12.8 Å². The zero-order chi connectivity index (χ0) is 26.0. The molecule has 10 heteroatoms. The van der Waals surface area contributed by atoms with E-state index in [1.807, 2.05) is 19.9 Å². The van der Waals surface area contributed by atoms with Gasteiger partial charge in [0.1, 0.15) is 10.7 Å². The Morgan fingerprint density at radius 1 is 1.00 bits per heavy atom. The van der Waals surface area contributed by atoms with Gasteiger partial charge < -0.3 is 9.80 Å². The summed E-state index contributed by atoms with van der Waals surface area (Å²) in [4.78, 5) is 27.3. The molecule has 0 atom stereocenters. The molecule has 1 heterocycles. The van der Waals surface area contributed by atoms with Gasteiger partial charge in [-0.1, -0.05) is 30.3 Å². The first-order valence-corrected chi connectivity index (χ1v) is 13.1. The fourth-order valence-electron chi connectivity index (χ4n) is 4.35. The topological polar surface area (TPSA) is 101 Å². The van der Waals surface area contributed by atoms with Crippen molar-refractivity contribution in [2.75, 3.05) is 31.1 Å². The molecule has 0 spiro atoms. The number of benzene rings is 3. The summed E-state index contributed by atoms with van der Waals surface area (Å²) in [6, 6.07) is 14.9. The molecular weight excluding hydrogens is 485 g/mol. The number of hydrogen-bond acceptors (Lipinski definition) is 6. The Balaban J connectivity index is 1.54. The molecule has 1 fully saturated rings. The van der Waals surface area contributed by atoms with E-state index in [1.54, 1.807) is 4.90 Å². The minimum Gasteiger partial charge on any atom is -0.368 e. The predicted molar refractivity (Wildman–Crippen MR) is 134 cm³/mol. The SMILES string of the molecule is Cc1ccc(C)c(N2CCN(C(=O)c3ccc(S(=O)(=O)Cc4ccccc4F)c([N+](=O)[O-])c3)CC2)c1. The monoisotopic (exact) mass is 511 g/mol. The molecule has 4 rings (SSSR count). The second kappa shape index (κ2) is 10.1. The molecule has 0 aliphatic carbocycles. The Morgan fingerprint density at radius 2 is 1.69 bits per heavy atom. The van der Waals surface area contributed by atoms with Crippen LogP contribution in [0.15, 0.2) is 65.6 Å². The fraction of sp³-hybridized carbons (Fsp3) is 0.269. The van der Waals surface area contributed by atoms with Crippen LogP contribution in [0.1, 0.15) is 27.0 Å². The van der Waals surface area contributed by atoms with E-state index in [-0.39, 0.29) is 11.1 Å². The van der Waals surface area contributed by atoms with Crippen LogP contribution < -0.4 is 4.90 Å². The number of amides is 1. The molecule has 0 radical (unpaired) electrons. The molecule has 1 saturated heterocycles. The molecule has 3 aromatic rings. The molecule has 0 unspecified atom stereocenters. The van der Waals surface area contributed by atoms with Gasteiger partial charge in [-0.3, -0.25) is 14.9 Å². The van der Waals surface area contributed by atoms with E-state index >= 15 is 0 Å². The van der Waals surface area contributed by atoms with Gasteiger partial charge in [-0.05, 0) is 49.2 Å². The number of aryl methyl sites for hydroxylation is 2. The highest BCUT2D eigenvalue weighted by molar-refractivity contribution is 7.90. The molecule has 1 amide bonds. The Morgan fingerprint density at radius 3 is 2.36 bits per heavy atom. The molecule has 0 bridgehead atoms. The first-order valence-electron chi connectivity index (χ1n) is 11.4. The first kappa shape index (κ1) is 25.3. The maximum atomic E-state index is 14.0. The van der Waals surface area contributed by atoms with Crippen LogP contribution in [0.5, 0.6) is 0 Å². The van der Waals surface area contributed by atoms with E-state index in [1.165, 1.54) is 24.3 Å². The van der Waals surface area contributed by atoms with Gasteiger partial charge in [0.15, 0.2) is 9.84 Å². The Labute approximate surface area is 209 Å².